The molecule has 9 nitrogen and oxygen atoms in total. The standard InChI is InChI=1S/C21H24N2O7/c1-13(2)17-7-6-16(9-14(17)3)29-12-21(25)30-11-20(24)22-18-8-5-15(23(26)27)10-19(18)28-4/h5-10,13H,11-12H2,1-4H3,(H,22,24). The molecule has 0 fully saturated rings. The van der Waals surface area contributed by atoms with Crippen LogP contribution in [0.4, 0.5) is 11.4 Å². The van der Waals surface area contributed by atoms with E-state index in [1.165, 1.54) is 30.9 Å². The predicted octanol–water partition coefficient (Wildman–Crippen LogP) is 3.60. The molecular formula is C21H24N2O7. The third kappa shape index (κ3) is 6.20. The summed E-state index contributed by atoms with van der Waals surface area (Å²) in [4.78, 5) is 34.1. The maximum atomic E-state index is 12.0. The van der Waals surface area contributed by atoms with Gasteiger partial charge in [0.05, 0.1) is 23.8 Å². The van der Waals surface area contributed by atoms with Gasteiger partial charge in [-0.1, -0.05) is 19.9 Å². The van der Waals surface area contributed by atoms with E-state index >= 15 is 0 Å². The summed E-state index contributed by atoms with van der Waals surface area (Å²) in [7, 11) is 1.32. The van der Waals surface area contributed by atoms with Gasteiger partial charge < -0.3 is 19.5 Å². The van der Waals surface area contributed by atoms with Crippen molar-refractivity contribution in [2.75, 3.05) is 25.6 Å². The van der Waals surface area contributed by atoms with Crippen LogP contribution in [0.3, 0.4) is 0 Å². The molecule has 2 aromatic carbocycles. The van der Waals surface area contributed by atoms with E-state index in [0.717, 1.165) is 5.56 Å². The van der Waals surface area contributed by atoms with Gasteiger partial charge in [0.1, 0.15) is 11.5 Å². The first-order valence-electron chi connectivity index (χ1n) is 9.22. The lowest BCUT2D eigenvalue weighted by Gasteiger charge is -2.12. The molecule has 1 amide bonds. The van der Waals surface area contributed by atoms with Crippen molar-refractivity contribution in [1.29, 1.82) is 0 Å². The van der Waals surface area contributed by atoms with Crippen molar-refractivity contribution in [3.63, 3.8) is 0 Å². The molecule has 1 N–H and O–H groups in total. The average molecular weight is 416 g/mol. The number of rotatable bonds is 9. The van der Waals surface area contributed by atoms with Crippen LogP contribution in [-0.2, 0) is 14.3 Å². The number of nitrogens with zero attached hydrogens (tertiary/aromatic N) is 1. The quantitative estimate of drug-likeness (QED) is 0.377. The molecule has 0 spiro atoms. The summed E-state index contributed by atoms with van der Waals surface area (Å²) < 4.78 is 15.4. The Morgan fingerprint density at radius 1 is 1.13 bits per heavy atom. The summed E-state index contributed by atoms with van der Waals surface area (Å²) in [6, 6.07) is 9.32. The van der Waals surface area contributed by atoms with Crippen molar-refractivity contribution in [2.45, 2.75) is 26.7 Å². The largest absolute Gasteiger partial charge is 0.494 e. The Labute approximate surface area is 174 Å². The Bertz CT molecular complexity index is 941. The highest BCUT2D eigenvalue weighted by atomic mass is 16.6. The van der Waals surface area contributed by atoms with Crippen LogP contribution >= 0.6 is 0 Å². The molecule has 0 heterocycles. The van der Waals surface area contributed by atoms with Crippen LogP contribution in [0.5, 0.6) is 11.5 Å². The SMILES string of the molecule is COc1cc([N+](=O)[O-])ccc1NC(=O)COC(=O)COc1ccc(C(C)C)c(C)c1. The van der Waals surface area contributed by atoms with E-state index in [1.54, 1.807) is 6.07 Å². The van der Waals surface area contributed by atoms with Crippen LogP contribution < -0.4 is 14.8 Å². The van der Waals surface area contributed by atoms with Gasteiger partial charge in [-0.05, 0) is 42.2 Å². The number of amides is 1. The summed E-state index contributed by atoms with van der Waals surface area (Å²) in [6.07, 6.45) is 0. The zero-order chi connectivity index (χ0) is 22.3. The van der Waals surface area contributed by atoms with E-state index in [2.05, 4.69) is 19.2 Å². The van der Waals surface area contributed by atoms with E-state index in [0.29, 0.717) is 11.7 Å². The number of carbonyl (C=O) groups is 2. The van der Waals surface area contributed by atoms with Crippen molar-refractivity contribution >= 4 is 23.3 Å². The number of aryl methyl sites for hydroxylation is 1. The average Bonchev–Trinajstić information content (AvgIpc) is 2.70. The molecule has 0 saturated carbocycles. The summed E-state index contributed by atoms with van der Waals surface area (Å²) in [5, 5.41) is 13.3. The van der Waals surface area contributed by atoms with Crippen molar-refractivity contribution in [1.82, 2.24) is 0 Å². The van der Waals surface area contributed by atoms with E-state index in [9.17, 15) is 19.7 Å². The topological polar surface area (TPSA) is 117 Å². The highest BCUT2D eigenvalue weighted by Crippen LogP contribution is 2.29. The number of nitrogens with one attached hydrogen (secondary N) is 1. The van der Waals surface area contributed by atoms with Gasteiger partial charge in [-0.3, -0.25) is 14.9 Å². The highest BCUT2D eigenvalue weighted by molar-refractivity contribution is 5.94. The second-order valence-corrected chi connectivity index (χ2v) is 6.81. The number of hydrogen-bond acceptors (Lipinski definition) is 7. The summed E-state index contributed by atoms with van der Waals surface area (Å²) in [6.45, 7) is 5.29. The molecule has 0 aromatic heterocycles. The molecule has 30 heavy (non-hydrogen) atoms. The minimum absolute atomic E-state index is 0.118. The number of methoxy groups -OCH3 is 1. The molecule has 0 aliphatic carbocycles. The number of nitro benzene ring substituents is 1. The first-order valence-corrected chi connectivity index (χ1v) is 9.22. The van der Waals surface area contributed by atoms with E-state index in [1.807, 2.05) is 19.1 Å². The van der Waals surface area contributed by atoms with Crippen LogP contribution in [-0.4, -0.2) is 37.1 Å². The monoisotopic (exact) mass is 416 g/mol. The lowest BCUT2D eigenvalue weighted by molar-refractivity contribution is -0.384. The van der Waals surface area contributed by atoms with E-state index in [-0.39, 0.29) is 23.7 Å². The second-order valence-electron chi connectivity index (χ2n) is 6.81. The number of nitro groups is 1. The number of esters is 1. The molecule has 0 aliphatic rings. The first-order chi connectivity index (χ1) is 14.2. The molecule has 9 heteroatoms. The Balaban J connectivity index is 1.84. The normalized spacial score (nSPS) is 10.4. The number of benzene rings is 2. The van der Waals surface area contributed by atoms with E-state index in [4.69, 9.17) is 14.2 Å². The van der Waals surface area contributed by atoms with Gasteiger partial charge in [-0.2, -0.15) is 0 Å². The maximum absolute atomic E-state index is 12.0. The number of anilines is 1. The van der Waals surface area contributed by atoms with Crippen LogP contribution in [0.2, 0.25) is 0 Å². The Morgan fingerprint density at radius 3 is 2.47 bits per heavy atom. The van der Waals surface area contributed by atoms with Gasteiger partial charge in [0.15, 0.2) is 13.2 Å². The fourth-order valence-corrected chi connectivity index (χ4v) is 2.80. The van der Waals surface area contributed by atoms with Crippen LogP contribution in [0, 0.1) is 17.0 Å². The van der Waals surface area contributed by atoms with Crippen molar-refractivity contribution in [3.8, 4) is 11.5 Å². The molecule has 0 radical (unpaired) electrons. The van der Waals surface area contributed by atoms with Crippen LogP contribution in [0.15, 0.2) is 36.4 Å². The van der Waals surface area contributed by atoms with Crippen LogP contribution in [0.25, 0.3) is 0 Å². The maximum Gasteiger partial charge on any atom is 0.344 e. The van der Waals surface area contributed by atoms with Crippen molar-refractivity contribution in [2.24, 2.45) is 0 Å². The molecule has 2 aromatic rings. The molecule has 0 atom stereocenters. The van der Waals surface area contributed by atoms with E-state index < -0.39 is 23.4 Å². The lowest BCUT2D eigenvalue weighted by atomic mass is 9.98. The third-order valence-electron chi connectivity index (χ3n) is 4.25. The zero-order valence-corrected chi connectivity index (χ0v) is 17.3. The summed E-state index contributed by atoms with van der Waals surface area (Å²) in [5.41, 5.74) is 2.31. The Kier molecular flexibility index (Phi) is 7.74. The van der Waals surface area contributed by atoms with Crippen molar-refractivity contribution < 1.29 is 28.7 Å². The lowest BCUT2D eigenvalue weighted by Crippen LogP contribution is -2.23. The predicted molar refractivity (Wildman–Crippen MR) is 110 cm³/mol. The fourth-order valence-electron chi connectivity index (χ4n) is 2.80. The molecule has 0 aliphatic heterocycles. The molecule has 160 valence electrons. The Hall–Kier alpha value is -3.62. The highest BCUT2D eigenvalue weighted by Gasteiger charge is 2.15. The first kappa shape index (κ1) is 22.7. The third-order valence-corrected chi connectivity index (χ3v) is 4.25. The van der Waals surface area contributed by atoms with Crippen LogP contribution in [0.1, 0.15) is 30.9 Å². The second kappa shape index (κ2) is 10.2. The summed E-state index contributed by atoms with van der Waals surface area (Å²) in [5.74, 6) is -0.280. The minimum Gasteiger partial charge on any atom is -0.494 e. The van der Waals surface area contributed by atoms with Gasteiger partial charge in [-0.25, -0.2) is 4.79 Å². The molecule has 2 rings (SSSR count). The molecule has 0 bridgehead atoms. The smallest absolute Gasteiger partial charge is 0.344 e. The van der Waals surface area contributed by atoms with Gasteiger partial charge in [-0.15, -0.1) is 0 Å². The number of hydrogen-bond donors (Lipinski definition) is 1. The van der Waals surface area contributed by atoms with Gasteiger partial charge >= 0.3 is 5.97 Å². The zero-order valence-electron chi connectivity index (χ0n) is 17.3. The number of ether oxygens (including phenoxy) is 3. The van der Waals surface area contributed by atoms with Gasteiger partial charge in [0.25, 0.3) is 11.6 Å². The van der Waals surface area contributed by atoms with Gasteiger partial charge in [0, 0.05) is 6.07 Å². The molecule has 0 saturated heterocycles. The number of non-ortho nitro benzene ring substituents is 1. The van der Waals surface area contributed by atoms with Gasteiger partial charge in [0.2, 0.25) is 0 Å². The minimum atomic E-state index is -0.702. The van der Waals surface area contributed by atoms with Crippen molar-refractivity contribution in [3.05, 3.63) is 57.6 Å². The number of carbonyl (C=O) groups excluding carboxylic acids is 2. The molecule has 0 unspecified atom stereocenters. The fraction of sp³-hybridized carbons (Fsp3) is 0.333. The summed E-state index contributed by atoms with van der Waals surface area (Å²) >= 11 is 0. The molecular weight excluding hydrogens is 392 g/mol. The Morgan fingerprint density at radius 2 is 1.87 bits per heavy atom.